The Balaban J connectivity index is 2.84. The van der Waals surface area contributed by atoms with Gasteiger partial charge in [-0.1, -0.05) is 20.8 Å². The Kier molecular flexibility index (Phi) is 6.28. The predicted molar refractivity (Wildman–Crippen MR) is 78.6 cm³/mol. The van der Waals surface area contributed by atoms with Gasteiger partial charge in [-0.05, 0) is 37.9 Å². The Hall–Kier alpha value is -1.10. The molecule has 0 saturated heterocycles. The van der Waals surface area contributed by atoms with Gasteiger partial charge in [0.05, 0.1) is 5.92 Å². The van der Waals surface area contributed by atoms with Crippen molar-refractivity contribution in [1.82, 2.24) is 15.5 Å². The highest BCUT2D eigenvalue weighted by molar-refractivity contribution is 5.26. The van der Waals surface area contributed by atoms with E-state index in [-0.39, 0.29) is 5.92 Å². The van der Waals surface area contributed by atoms with Gasteiger partial charge in [0, 0.05) is 19.6 Å². The smallest absolute Gasteiger partial charge is 0.265 e. The summed E-state index contributed by atoms with van der Waals surface area (Å²) in [6.07, 6.45) is 1.13. The Morgan fingerprint density at radius 2 is 1.95 bits per heavy atom. The minimum absolute atomic E-state index is 0.248. The highest BCUT2D eigenvalue weighted by atomic mass is 16.5. The van der Waals surface area contributed by atoms with Crippen LogP contribution in [0.1, 0.15) is 52.8 Å². The SMILES string of the molecule is CCCNC(C)C(c1nc(N(C)CC)no1)C(C)C. The van der Waals surface area contributed by atoms with E-state index in [0.717, 1.165) is 25.4 Å². The van der Waals surface area contributed by atoms with E-state index in [9.17, 15) is 0 Å². The first-order valence-electron chi connectivity index (χ1n) is 7.29. The van der Waals surface area contributed by atoms with Crippen molar-refractivity contribution in [3.05, 3.63) is 5.89 Å². The number of hydrogen-bond donors (Lipinski definition) is 1. The van der Waals surface area contributed by atoms with Crippen molar-refractivity contribution >= 4 is 5.95 Å². The average Bonchev–Trinajstić information content (AvgIpc) is 2.84. The van der Waals surface area contributed by atoms with Gasteiger partial charge in [-0.25, -0.2) is 0 Å². The molecule has 1 heterocycles. The summed E-state index contributed by atoms with van der Waals surface area (Å²) in [4.78, 5) is 6.52. The summed E-state index contributed by atoms with van der Waals surface area (Å²) in [5, 5.41) is 7.59. The van der Waals surface area contributed by atoms with Gasteiger partial charge in [-0.15, -0.1) is 0 Å². The molecule has 0 spiro atoms. The van der Waals surface area contributed by atoms with Crippen LogP contribution in [0.2, 0.25) is 0 Å². The molecule has 1 N–H and O–H groups in total. The lowest BCUT2D eigenvalue weighted by Gasteiger charge is -2.25. The van der Waals surface area contributed by atoms with Crippen LogP contribution in [0.3, 0.4) is 0 Å². The van der Waals surface area contributed by atoms with E-state index in [2.05, 4.69) is 50.1 Å². The molecule has 2 unspecified atom stereocenters. The summed E-state index contributed by atoms with van der Waals surface area (Å²) in [7, 11) is 1.97. The van der Waals surface area contributed by atoms with Gasteiger partial charge in [0.2, 0.25) is 5.89 Å². The fourth-order valence-electron chi connectivity index (χ4n) is 2.23. The molecule has 0 aliphatic heterocycles. The molecule has 0 amide bonds. The van der Waals surface area contributed by atoms with Crippen LogP contribution in [-0.4, -0.2) is 36.3 Å². The standard InChI is InChI=1S/C14H28N4O/c1-7-9-15-11(5)12(10(3)4)13-16-14(17-19-13)18(6)8-2/h10-12,15H,7-9H2,1-6H3. The van der Waals surface area contributed by atoms with Gasteiger partial charge in [-0.2, -0.15) is 4.98 Å². The minimum Gasteiger partial charge on any atom is -0.342 e. The van der Waals surface area contributed by atoms with Crippen LogP contribution in [0.15, 0.2) is 4.52 Å². The van der Waals surface area contributed by atoms with Gasteiger partial charge >= 0.3 is 0 Å². The van der Waals surface area contributed by atoms with Gasteiger partial charge < -0.3 is 14.7 Å². The Labute approximate surface area is 116 Å². The Morgan fingerprint density at radius 1 is 1.26 bits per heavy atom. The summed E-state index contributed by atoms with van der Waals surface area (Å²) in [6.45, 7) is 12.7. The van der Waals surface area contributed by atoms with Crippen LogP contribution < -0.4 is 10.2 Å². The molecule has 1 aromatic rings. The van der Waals surface area contributed by atoms with Crippen LogP contribution in [0, 0.1) is 5.92 Å². The fraction of sp³-hybridized carbons (Fsp3) is 0.857. The molecule has 0 aliphatic carbocycles. The molecule has 0 aliphatic rings. The molecule has 1 aromatic heterocycles. The van der Waals surface area contributed by atoms with E-state index < -0.39 is 0 Å². The topological polar surface area (TPSA) is 54.2 Å². The van der Waals surface area contributed by atoms with Crippen LogP contribution in [-0.2, 0) is 0 Å². The lowest BCUT2D eigenvalue weighted by atomic mass is 9.89. The maximum atomic E-state index is 5.47. The first kappa shape index (κ1) is 16.0. The minimum atomic E-state index is 0.248. The molecular formula is C14H28N4O. The molecule has 19 heavy (non-hydrogen) atoms. The fourth-order valence-corrected chi connectivity index (χ4v) is 2.23. The van der Waals surface area contributed by atoms with E-state index in [1.165, 1.54) is 0 Å². The summed E-state index contributed by atoms with van der Waals surface area (Å²) in [6, 6.07) is 0.334. The summed E-state index contributed by atoms with van der Waals surface area (Å²) < 4.78 is 5.47. The number of nitrogens with zero attached hydrogens (tertiary/aromatic N) is 3. The highest BCUT2D eigenvalue weighted by Gasteiger charge is 2.28. The van der Waals surface area contributed by atoms with E-state index in [0.29, 0.717) is 17.9 Å². The second-order valence-electron chi connectivity index (χ2n) is 5.46. The van der Waals surface area contributed by atoms with Gasteiger partial charge in [-0.3, -0.25) is 0 Å². The van der Waals surface area contributed by atoms with Gasteiger partial charge in [0.1, 0.15) is 0 Å². The van der Waals surface area contributed by atoms with E-state index in [1.807, 2.05) is 11.9 Å². The quantitative estimate of drug-likeness (QED) is 0.785. The van der Waals surface area contributed by atoms with Crippen molar-refractivity contribution in [2.45, 2.75) is 53.0 Å². The molecule has 0 radical (unpaired) electrons. The van der Waals surface area contributed by atoms with Crippen molar-refractivity contribution in [2.24, 2.45) is 5.92 Å². The lowest BCUT2D eigenvalue weighted by molar-refractivity contribution is 0.280. The third-order valence-electron chi connectivity index (χ3n) is 3.51. The lowest BCUT2D eigenvalue weighted by Crippen LogP contribution is -2.35. The second-order valence-corrected chi connectivity index (χ2v) is 5.46. The van der Waals surface area contributed by atoms with Crippen LogP contribution in [0.25, 0.3) is 0 Å². The molecule has 0 saturated carbocycles. The molecule has 110 valence electrons. The van der Waals surface area contributed by atoms with E-state index >= 15 is 0 Å². The van der Waals surface area contributed by atoms with Crippen LogP contribution >= 0.6 is 0 Å². The van der Waals surface area contributed by atoms with Crippen molar-refractivity contribution in [2.75, 3.05) is 25.0 Å². The zero-order chi connectivity index (χ0) is 14.4. The molecule has 0 fully saturated rings. The molecular weight excluding hydrogens is 240 g/mol. The molecule has 0 bridgehead atoms. The van der Waals surface area contributed by atoms with E-state index in [1.54, 1.807) is 0 Å². The number of nitrogens with one attached hydrogen (secondary N) is 1. The third kappa shape index (κ3) is 4.20. The maximum absolute atomic E-state index is 5.47. The Morgan fingerprint density at radius 3 is 2.47 bits per heavy atom. The van der Waals surface area contributed by atoms with Crippen LogP contribution in [0.4, 0.5) is 5.95 Å². The van der Waals surface area contributed by atoms with Gasteiger partial charge in [0.25, 0.3) is 5.95 Å². The summed E-state index contributed by atoms with van der Waals surface area (Å²) >= 11 is 0. The molecule has 1 rings (SSSR count). The van der Waals surface area contributed by atoms with Crippen molar-refractivity contribution in [1.29, 1.82) is 0 Å². The molecule has 0 aromatic carbocycles. The number of rotatable bonds is 8. The Bertz CT molecular complexity index is 364. The first-order chi connectivity index (χ1) is 9.01. The number of aromatic nitrogens is 2. The van der Waals surface area contributed by atoms with Gasteiger partial charge in [0.15, 0.2) is 0 Å². The largest absolute Gasteiger partial charge is 0.342 e. The summed E-state index contributed by atoms with van der Waals surface area (Å²) in [5.41, 5.74) is 0. The van der Waals surface area contributed by atoms with Crippen molar-refractivity contribution in [3.63, 3.8) is 0 Å². The summed E-state index contributed by atoms with van der Waals surface area (Å²) in [5.74, 6) is 2.12. The predicted octanol–water partition coefficient (Wildman–Crippen LogP) is 2.65. The first-order valence-corrected chi connectivity index (χ1v) is 7.29. The number of anilines is 1. The normalized spacial score (nSPS) is 14.7. The molecule has 5 heteroatoms. The van der Waals surface area contributed by atoms with Crippen molar-refractivity contribution < 1.29 is 4.52 Å². The zero-order valence-electron chi connectivity index (χ0n) is 13.1. The highest BCUT2D eigenvalue weighted by Crippen LogP contribution is 2.27. The maximum Gasteiger partial charge on any atom is 0.265 e. The van der Waals surface area contributed by atoms with E-state index in [4.69, 9.17) is 4.52 Å². The molecule has 5 nitrogen and oxygen atoms in total. The number of hydrogen-bond acceptors (Lipinski definition) is 5. The average molecular weight is 268 g/mol. The molecule has 2 atom stereocenters. The third-order valence-corrected chi connectivity index (χ3v) is 3.51. The second kappa shape index (κ2) is 7.48. The van der Waals surface area contributed by atoms with Crippen molar-refractivity contribution in [3.8, 4) is 0 Å². The zero-order valence-corrected chi connectivity index (χ0v) is 13.1. The van der Waals surface area contributed by atoms with Crippen LogP contribution in [0.5, 0.6) is 0 Å². The monoisotopic (exact) mass is 268 g/mol.